The smallest absolute Gasteiger partial charge is 0.321 e. The number of anilines is 1. The number of carbonyl (C=O) groups excluding carboxylic acids is 1. The van der Waals surface area contributed by atoms with Gasteiger partial charge in [-0.3, -0.25) is 0 Å². The lowest BCUT2D eigenvalue weighted by molar-refractivity contribution is 0.220. The molecule has 0 fully saturated rings. The van der Waals surface area contributed by atoms with Gasteiger partial charge < -0.3 is 15.0 Å². The minimum Gasteiger partial charge on any atom is -0.497 e. The van der Waals surface area contributed by atoms with Crippen molar-refractivity contribution in [3.63, 3.8) is 0 Å². The van der Waals surface area contributed by atoms with E-state index in [9.17, 15) is 4.79 Å². The predicted octanol–water partition coefficient (Wildman–Crippen LogP) is 4.51. The fourth-order valence-corrected chi connectivity index (χ4v) is 2.66. The molecule has 4 nitrogen and oxygen atoms in total. The number of benzene rings is 3. The second-order valence-corrected chi connectivity index (χ2v) is 5.66. The number of nitrogens with zero attached hydrogens (tertiary/aromatic N) is 1. The summed E-state index contributed by atoms with van der Waals surface area (Å²) in [6, 6.07) is 21.5. The monoisotopic (exact) mass is 320 g/mol. The molecule has 0 aromatic heterocycles. The molecule has 122 valence electrons. The van der Waals surface area contributed by atoms with E-state index in [1.807, 2.05) is 66.7 Å². The highest BCUT2D eigenvalue weighted by Gasteiger charge is 2.11. The second kappa shape index (κ2) is 7.04. The molecule has 3 rings (SSSR count). The third-order valence-electron chi connectivity index (χ3n) is 3.93. The van der Waals surface area contributed by atoms with Crippen LogP contribution in [0, 0.1) is 0 Å². The summed E-state index contributed by atoms with van der Waals surface area (Å²) in [5.41, 5.74) is 1.83. The lowest BCUT2D eigenvalue weighted by Gasteiger charge is -2.19. The van der Waals surface area contributed by atoms with Crippen molar-refractivity contribution < 1.29 is 9.53 Å². The normalized spacial score (nSPS) is 10.4. The summed E-state index contributed by atoms with van der Waals surface area (Å²) < 4.78 is 5.22. The summed E-state index contributed by atoms with van der Waals surface area (Å²) in [7, 11) is 3.41. The van der Waals surface area contributed by atoms with Crippen molar-refractivity contribution in [1.29, 1.82) is 0 Å². The van der Waals surface area contributed by atoms with Gasteiger partial charge in [-0.25, -0.2) is 4.79 Å². The van der Waals surface area contributed by atoms with E-state index in [2.05, 4.69) is 5.32 Å². The number of nitrogens with one attached hydrogen (secondary N) is 1. The molecule has 24 heavy (non-hydrogen) atoms. The summed E-state index contributed by atoms with van der Waals surface area (Å²) in [6.07, 6.45) is 0. The molecular formula is C20H20N2O2. The molecule has 0 aliphatic rings. The van der Waals surface area contributed by atoms with Crippen LogP contribution in [0.1, 0.15) is 5.56 Å². The third kappa shape index (κ3) is 3.49. The SMILES string of the molecule is COc1cccc(CN(C)C(=O)Nc2cccc3ccccc23)c1. The molecule has 0 spiro atoms. The molecule has 0 saturated heterocycles. The summed E-state index contributed by atoms with van der Waals surface area (Å²) in [5.74, 6) is 0.787. The van der Waals surface area contributed by atoms with Crippen molar-refractivity contribution in [1.82, 2.24) is 4.90 Å². The van der Waals surface area contributed by atoms with Crippen LogP contribution in [0.2, 0.25) is 0 Å². The fourth-order valence-electron chi connectivity index (χ4n) is 2.66. The highest BCUT2D eigenvalue weighted by Crippen LogP contribution is 2.23. The van der Waals surface area contributed by atoms with E-state index in [1.54, 1.807) is 19.1 Å². The van der Waals surface area contributed by atoms with E-state index < -0.39 is 0 Å². The van der Waals surface area contributed by atoms with Crippen molar-refractivity contribution in [2.45, 2.75) is 6.54 Å². The van der Waals surface area contributed by atoms with Gasteiger partial charge in [-0.2, -0.15) is 0 Å². The number of amides is 2. The van der Waals surface area contributed by atoms with Crippen LogP contribution in [0.25, 0.3) is 10.8 Å². The largest absolute Gasteiger partial charge is 0.497 e. The zero-order valence-corrected chi connectivity index (χ0v) is 13.8. The molecule has 0 radical (unpaired) electrons. The van der Waals surface area contributed by atoms with Crippen LogP contribution in [-0.4, -0.2) is 25.1 Å². The van der Waals surface area contributed by atoms with Gasteiger partial charge in [-0.05, 0) is 29.1 Å². The van der Waals surface area contributed by atoms with E-state index in [-0.39, 0.29) is 6.03 Å². The Kier molecular flexibility index (Phi) is 4.66. The number of rotatable bonds is 4. The molecule has 4 heteroatoms. The topological polar surface area (TPSA) is 41.6 Å². The quantitative estimate of drug-likeness (QED) is 0.768. The van der Waals surface area contributed by atoms with Gasteiger partial charge in [-0.1, -0.05) is 48.5 Å². The number of urea groups is 1. The second-order valence-electron chi connectivity index (χ2n) is 5.66. The van der Waals surface area contributed by atoms with Crippen LogP contribution in [0.4, 0.5) is 10.5 Å². The predicted molar refractivity (Wildman–Crippen MR) is 97.4 cm³/mol. The zero-order valence-electron chi connectivity index (χ0n) is 13.8. The van der Waals surface area contributed by atoms with E-state index in [0.29, 0.717) is 6.54 Å². The Balaban J connectivity index is 1.73. The van der Waals surface area contributed by atoms with Crippen molar-refractivity contribution in [2.24, 2.45) is 0 Å². The van der Waals surface area contributed by atoms with Crippen molar-refractivity contribution in [3.8, 4) is 5.75 Å². The van der Waals surface area contributed by atoms with Crippen LogP contribution in [0.15, 0.2) is 66.7 Å². The van der Waals surface area contributed by atoms with Gasteiger partial charge in [-0.15, -0.1) is 0 Å². The lowest BCUT2D eigenvalue weighted by Crippen LogP contribution is -2.30. The number of hydrogen-bond acceptors (Lipinski definition) is 2. The van der Waals surface area contributed by atoms with Crippen molar-refractivity contribution in [2.75, 3.05) is 19.5 Å². The molecule has 0 bridgehead atoms. The summed E-state index contributed by atoms with van der Waals surface area (Å²) in [5, 5.41) is 5.12. The third-order valence-corrected chi connectivity index (χ3v) is 3.93. The first-order chi connectivity index (χ1) is 11.7. The number of fused-ring (bicyclic) bond motifs is 1. The Morgan fingerprint density at radius 2 is 1.79 bits per heavy atom. The number of carbonyl (C=O) groups is 1. The first-order valence-corrected chi connectivity index (χ1v) is 7.80. The van der Waals surface area contributed by atoms with Crippen LogP contribution in [0.3, 0.4) is 0 Å². The number of methoxy groups -OCH3 is 1. The highest BCUT2D eigenvalue weighted by molar-refractivity contribution is 6.01. The first-order valence-electron chi connectivity index (χ1n) is 7.80. The molecule has 0 aliphatic carbocycles. The average Bonchev–Trinajstić information content (AvgIpc) is 2.62. The molecule has 0 saturated carbocycles. The van der Waals surface area contributed by atoms with Crippen molar-refractivity contribution in [3.05, 3.63) is 72.3 Å². The summed E-state index contributed by atoms with van der Waals surface area (Å²) in [4.78, 5) is 14.1. The average molecular weight is 320 g/mol. The minimum absolute atomic E-state index is 0.144. The standard InChI is InChI=1S/C20H20N2O2/c1-22(14-15-7-5-10-17(13-15)24-2)20(23)21-19-12-6-9-16-8-3-4-11-18(16)19/h3-13H,14H2,1-2H3,(H,21,23). The summed E-state index contributed by atoms with van der Waals surface area (Å²) >= 11 is 0. The maximum atomic E-state index is 12.5. The molecule has 1 N–H and O–H groups in total. The molecule has 3 aromatic rings. The van der Waals surface area contributed by atoms with Crippen molar-refractivity contribution >= 4 is 22.5 Å². The van der Waals surface area contributed by atoms with Gasteiger partial charge in [0.15, 0.2) is 0 Å². The molecule has 2 amide bonds. The fraction of sp³-hybridized carbons (Fsp3) is 0.150. The van der Waals surface area contributed by atoms with Gasteiger partial charge in [0.05, 0.1) is 12.8 Å². The Morgan fingerprint density at radius 3 is 2.62 bits per heavy atom. The van der Waals surface area contributed by atoms with E-state index in [4.69, 9.17) is 4.74 Å². The van der Waals surface area contributed by atoms with Gasteiger partial charge in [0.25, 0.3) is 0 Å². The Labute approximate surface area is 141 Å². The Hall–Kier alpha value is -3.01. The number of ether oxygens (including phenoxy) is 1. The molecule has 0 aliphatic heterocycles. The maximum Gasteiger partial charge on any atom is 0.321 e. The van der Waals surface area contributed by atoms with Gasteiger partial charge in [0, 0.05) is 19.0 Å². The van der Waals surface area contributed by atoms with Crippen LogP contribution in [0.5, 0.6) is 5.75 Å². The van der Waals surface area contributed by atoms with Gasteiger partial charge >= 0.3 is 6.03 Å². The summed E-state index contributed by atoms with van der Waals surface area (Å²) in [6.45, 7) is 0.508. The molecule has 0 heterocycles. The first kappa shape index (κ1) is 15.9. The molecular weight excluding hydrogens is 300 g/mol. The van der Waals surface area contributed by atoms with Crippen LogP contribution in [-0.2, 0) is 6.54 Å². The highest BCUT2D eigenvalue weighted by atomic mass is 16.5. The molecule has 3 aromatic carbocycles. The molecule has 0 atom stereocenters. The molecule has 0 unspecified atom stereocenters. The number of hydrogen-bond donors (Lipinski definition) is 1. The maximum absolute atomic E-state index is 12.5. The van der Waals surface area contributed by atoms with E-state index in [0.717, 1.165) is 27.8 Å². The van der Waals surface area contributed by atoms with Crippen LogP contribution >= 0.6 is 0 Å². The van der Waals surface area contributed by atoms with Gasteiger partial charge in [0.2, 0.25) is 0 Å². The Morgan fingerprint density at radius 1 is 1.04 bits per heavy atom. The van der Waals surface area contributed by atoms with Gasteiger partial charge in [0.1, 0.15) is 5.75 Å². The lowest BCUT2D eigenvalue weighted by atomic mass is 10.1. The minimum atomic E-state index is -0.144. The zero-order chi connectivity index (χ0) is 16.9. The van der Waals surface area contributed by atoms with Crippen LogP contribution < -0.4 is 10.1 Å². The van der Waals surface area contributed by atoms with E-state index in [1.165, 1.54) is 0 Å². The Bertz CT molecular complexity index is 856. The van der Waals surface area contributed by atoms with E-state index >= 15 is 0 Å².